The van der Waals surface area contributed by atoms with E-state index in [1.165, 1.54) is 24.1 Å². The van der Waals surface area contributed by atoms with Gasteiger partial charge in [0.15, 0.2) is 0 Å². The lowest BCUT2D eigenvalue weighted by Crippen LogP contribution is -2.28. The van der Waals surface area contributed by atoms with Gasteiger partial charge < -0.3 is 10.2 Å². The number of nitrogens with zero attached hydrogens (tertiary/aromatic N) is 2. The van der Waals surface area contributed by atoms with Crippen LogP contribution >= 0.6 is 15.9 Å². The van der Waals surface area contributed by atoms with Gasteiger partial charge in [0.25, 0.3) is 0 Å². The first-order valence-corrected chi connectivity index (χ1v) is 7.90. The second kappa shape index (κ2) is 5.77. The Morgan fingerprint density at radius 2 is 2.16 bits per heavy atom. The summed E-state index contributed by atoms with van der Waals surface area (Å²) in [4.78, 5) is 14.8. The SMILES string of the molecule is O=C(CCN1CCCC1)n1c(Br)cc2c1CCNC2. The van der Waals surface area contributed by atoms with Crippen LogP contribution < -0.4 is 5.32 Å². The number of halogens is 1. The van der Waals surface area contributed by atoms with E-state index < -0.39 is 0 Å². The largest absolute Gasteiger partial charge is 0.312 e. The summed E-state index contributed by atoms with van der Waals surface area (Å²) in [6.45, 7) is 5.05. The lowest BCUT2D eigenvalue weighted by atomic mass is 10.1. The van der Waals surface area contributed by atoms with Gasteiger partial charge >= 0.3 is 0 Å². The van der Waals surface area contributed by atoms with E-state index in [1.54, 1.807) is 0 Å². The van der Waals surface area contributed by atoms with Crippen LogP contribution in [0, 0.1) is 0 Å². The molecule has 0 saturated carbocycles. The molecular formula is C14H20BrN3O. The fourth-order valence-corrected chi connectivity index (χ4v) is 3.75. The molecule has 0 atom stereocenters. The van der Waals surface area contributed by atoms with Crippen molar-refractivity contribution >= 4 is 21.8 Å². The van der Waals surface area contributed by atoms with Gasteiger partial charge in [-0.3, -0.25) is 9.36 Å². The molecule has 104 valence electrons. The zero-order valence-electron chi connectivity index (χ0n) is 11.1. The van der Waals surface area contributed by atoms with Crippen LogP contribution in [0.2, 0.25) is 0 Å². The van der Waals surface area contributed by atoms with Gasteiger partial charge in [-0.25, -0.2) is 0 Å². The molecule has 0 radical (unpaired) electrons. The lowest BCUT2D eigenvalue weighted by Gasteiger charge is -2.18. The summed E-state index contributed by atoms with van der Waals surface area (Å²) in [5.41, 5.74) is 2.45. The Labute approximate surface area is 122 Å². The maximum atomic E-state index is 12.4. The van der Waals surface area contributed by atoms with Crippen LogP contribution in [0.1, 0.15) is 35.3 Å². The normalized spacial score (nSPS) is 19.6. The van der Waals surface area contributed by atoms with Crippen molar-refractivity contribution in [1.29, 1.82) is 0 Å². The van der Waals surface area contributed by atoms with E-state index in [1.807, 2.05) is 4.57 Å². The molecular weight excluding hydrogens is 306 g/mol. The van der Waals surface area contributed by atoms with Crippen LogP contribution in [0.5, 0.6) is 0 Å². The molecule has 1 aromatic rings. The molecule has 1 saturated heterocycles. The zero-order chi connectivity index (χ0) is 13.2. The van der Waals surface area contributed by atoms with Gasteiger partial charge in [0.1, 0.15) is 0 Å². The monoisotopic (exact) mass is 325 g/mol. The Hall–Kier alpha value is -0.650. The number of aromatic nitrogens is 1. The Morgan fingerprint density at radius 3 is 2.95 bits per heavy atom. The maximum Gasteiger partial charge on any atom is 0.233 e. The molecule has 0 aromatic carbocycles. The Bertz CT molecular complexity index is 477. The predicted octanol–water partition coefficient (Wildman–Crippen LogP) is 2.02. The molecule has 2 aliphatic heterocycles. The summed E-state index contributed by atoms with van der Waals surface area (Å²) in [5.74, 6) is 0.224. The van der Waals surface area contributed by atoms with Gasteiger partial charge in [-0.2, -0.15) is 0 Å². The van der Waals surface area contributed by atoms with Gasteiger partial charge in [0.05, 0.1) is 4.60 Å². The van der Waals surface area contributed by atoms with E-state index in [2.05, 4.69) is 32.2 Å². The number of hydrogen-bond acceptors (Lipinski definition) is 3. The number of rotatable bonds is 3. The quantitative estimate of drug-likeness (QED) is 0.923. The van der Waals surface area contributed by atoms with Crippen molar-refractivity contribution in [2.24, 2.45) is 0 Å². The van der Waals surface area contributed by atoms with Crippen LogP contribution in [0.4, 0.5) is 0 Å². The lowest BCUT2D eigenvalue weighted by molar-refractivity contribution is 0.0882. The molecule has 0 unspecified atom stereocenters. The van der Waals surface area contributed by atoms with Crippen molar-refractivity contribution in [3.8, 4) is 0 Å². The van der Waals surface area contributed by atoms with E-state index >= 15 is 0 Å². The minimum Gasteiger partial charge on any atom is -0.312 e. The number of carbonyl (C=O) groups excluding carboxylic acids is 1. The van der Waals surface area contributed by atoms with Crippen molar-refractivity contribution < 1.29 is 4.79 Å². The number of fused-ring (bicyclic) bond motifs is 1. The van der Waals surface area contributed by atoms with Crippen LogP contribution in [-0.2, 0) is 13.0 Å². The highest BCUT2D eigenvalue weighted by Crippen LogP contribution is 2.24. The second-order valence-electron chi connectivity index (χ2n) is 5.39. The van der Waals surface area contributed by atoms with E-state index in [-0.39, 0.29) is 5.91 Å². The number of nitrogens with one attached hydrogen (secondary N) is 1. The summed E-state index contributed by atoms with van der Waals surface area (Å²) < 4.78 is 2.79. The molecule has 0 amide bonds. The third-order valence-electron chi connectivity index (χ3n) is 4.09. The first kappa shape index (κ1) is 13.3. The van der Waals surface area contributed by atoms with Crippen molar-refractivity contribution in [2.75, 3.05) is 26.2 Å². The standard InChI is InChI=1S/C14H20BrN3O/c15-13-9-11-10-16-5-3-12(11)18(13)14(19)4-8-17-6-1-2-7-17/h9,16H,1-8,10H2. The fourth-order valence-electron chi connectivity index (χ4n) is 3.06. The van der Waals surface area contributed by atoms with Crippen LogP contribution in [0.25, 0.3) is 0 Å². The minimum absolute atomic E-state index is 0.224. The Kier molecular flexibility index (Phi) is 4.05. The smallest absolute Gasteiger partial charge is 0.233 e. The molecule has 0 aliphatic carbocycles. The van der Waals surface area contributed by atoms with Gasteiger partial charge in [0.2, 0.25) is 5.91 Å². The molecule has 3 rings (SSSR count). The van der Waals surface area contributed by atoms with Gasteiger partial charge in [0, 0.05) is 38.2 Å². The van der Waals surface area contributed by atoms with E-state index in [0.717, 1.165) is 43.7 Å². The van der Waals surface area contributed by atoms with E-state index in [0.29, 0.717) is 6.42 Å². The molecule has 5 heteroatoms. The molecule has 1 N–H and O–H groups in total. The highest BCUT2D eigenvalue weighted by atomic mass is 79.9. The van der Waals surface area contributed by atoms with Gasteiger partial charge in [-0.1, -0.05) is 0 Å². The summed E-state index contributed by atoms with van der Waals surface area (Å²) >= 11 is 3.53. The first-order chi connectivity index (χ1) is 9.25. The topological polar surface area (TPSA) is 37.3 Å². The first-order valence-electron chi connectivity index (χ1n) is 7.11. The van der Waals surface area contributed by atoms with Gasteiger partial charge in [-0.05, 0) is 53.5 Å². The van der Waals surface area contributed by atoms with Crippen molar-refractivity contribution in [1.82, 2.24) is 14.8 Å². The molecule has 4 nitrogen and oxygen atoms in total. The molecule has 19 heavy (non-hydrogen) atoms. The van der Waals surface area contributed by atoms with Crippen LogP contribution in [0.15, 0.2) is 10.7 Å². The third kappa shape index (κ3) is 2.78. The average Bonchev–Trinajstić information content (AvgIpc) is 3.02. The van der Waals surface area contributed by atoms with Crippen LogP contribution in [-0.4, -0.2) is 41.6 Å². The molecule has 0 bridgehead atoms. The number of carbonyl (C=O) groups is 1. The van der Waals surface area contributed by atoms with Crippen LogP contribution in [0.3, 0.4) is 0 Å². The minimum atomic E-state index is 0.224. The zero-order valence-corrected chi connectivity index (χ0v) is 12.7. The van der Waals surface area contributed by atoms with E-state index in [9.17, 15) is 4.79 Å². The summed E-state index contributed by atoms with van der Waals surface area (Å²) in [6.07, 6.45) is 4.12. The molecule has 3 heterocycles. The molecule has 1 aromatic heterocycles. The highest BCUT2D eigenvalue weighted by molar-refractivity contribution is 9.10. The number of hydrogen-bond donors (Lipinski definition) is 1. The second-order valence-corrected chi connectivity index (χ2v) is 6.21. The molecule has 2 aliphatic rings. The fraction of sp³-hybridized carbons (Fsp3) is 0.643. The molecule has 1 fully saturated rings. The highest BCUT2D eigenvalue weighted by Gasteiger charge is 2.21. The van der Waals surface area contributed by atoms with Crippen molar-refractivity contribution in [2.45, 2.75) is 32.2 Å². The Balaban J connectivity index is 1.70. The molecule has 0 spiro atoms. The average molecular weight is 326 g/mol. The summed E-state index contributed by atoms with van der Waals surface area (Å²) in [7, 11) is 0. The maximum absolute atomic E-state index is 12.4. The Morgan fingerprint density at radius 1 is 1.37 bits per heavy atom. The third-order valence-corrected chi connectivity index (χ3v) is 4.68. The van der Waals surface area contributed by atoms with E-state index in [4.69, 9.17) is 0 Å². The van der Waals surface area contributed by atoms with Gasteiger partial charge in [-0.15, -0.1) is 0 Å². The van der Waals surface area contributed by atoms with Crippen molar-refractivity contribution in [3.63, 3.8) is 0 Å². The van der Waals surface area contributed by atoms with Crippen molar-refractivity contribution in [3.05, 3.63) is 21.9 Å². The summed E-state index contributed by atoms with van der Waals surface area (Å²) in [6, 6.07) is 2.08. The predicted molar refractivity (Wildman–Crippen MR) is 78.5 cm³/mol. The summed E-state index contributed by atoms with van der Waals surface area (Å²) in [5, 5.41) is 3.34. The number of likely N-dealkylation sites (tertiary alicyclic amines) is 1.